The van der Waals surface area contributed by atoms with Crippen LogP contribution in [-0.2, 0) is 4.74 Å². The zero-order valence-corrected chi connectivity index (χ0v) is 12.2. The number of nitrogens with zero attached hydrogens (tertiary/aromatic N) is 1. The molecule has 1 atom stereocenters. The number of phenolic OH excluding ortho intramolecular Hbond substituents is 1. The summed E-state index contributed by atoms with van der Waals surface area (Å²) in [4.78, 5) is 2.45. The first-order chi connectivity index (χ1) is 9.11. The van der Waals surface area contributed by atoms with Gasteiger partial charge in [-0.2, -0.15) is 0 Å². The summed E-state index contributed by atoms with van der Waals surface area (Å²) in [6.45, 7) is 7.23. The van der Waals surface area contributed by atoms with Gasteiger partial charge in [-0.1, -0.05) is 12.1 Å². The minimum Gasteiger partial charge on any atom is -0.508 e. The molecule has 1 aromatic carbocycles. The molecule has 0 amide bonds. The van der Waals surface area contributed by atoms with Crippen LogP contribution in [0.5, 0.6) is 5.75 Å². The molecule has 1 fully saturated rings. The molecule has 1 N–H and O–H groups in total. The van der Waals surface area contributed by atoms with E-state index in [0.717, 1.165) is 30.8 Å². The Bertz CT molecular complexity index is 411. The quantitative estimate of drug-likeness (QED) is 0.906. The highest BCUT2D eigenvalue weighted by molar-refractivity contribution is 5.37. The molecule has 1 saturated heterocycles. The highest BCUT2D eigenvalue weighted by Gasteiger charge is 2.24. The van der Waals surface area contributed by atoms with Crippen molar-refractivity contribution in [1.82, 2.24) is 4.90 Å². The molecule has 1 heterocycles. The van der Waals surface area contributed by atoms with Gasteiger partial charge in [-0.05, 0) is 57.3 Å². The van der Waals surface area contributed by atoms with Gasteiger partial charge >= 0.3 is 0 Å². The van der Waals surface area contributed by atoms with E-state index in [9.17, 15) is 5.11 Å². The molecule has 0 saturated carbocycles. The van der Waals surface area contributed by atoms with Gasteiger partial charge in [0.25, 0.3) is 0 Å². The summed E-state index contributed by atoms with van der Waals surface area (Å²) in [5.41, 5.74) is 2.14. The van der Waals surface area contributed by atoms with Gasteiger partial charge < -0.3 is 9.84 Å². The minimum absolute atomic E-state index is 0.282. The van der Waals surface area contributed by atoms with E-state index < -0.39 is 0 Å². The van der Waals surface area contributed by atoms with Gasteiger partial charge in [0, 0.05) is 25.3 Å². The summed E-state index contributed by atoms with van der Waals surface area (Å²) >= 11 is 0. The molecule has 1 unspecified atom stereocenters. The number of ether oxygens (including phenoxy) is 1. The van der Waals surface area contributed by atoms with Gasteiger partial charge in [0.05, 0.1) is 0 Å². The smallest absolute Gasteiger partial charge is 0.120 e. The van der Waals surface area contributed by atoms with E-state index in [1.807, 2.05) is 13.0 Å². The third-order valence-corrected chi connectivity index (χ3v) is 4.24. The number of hydrogen-bond donors (Lipinski definition) is 1. The molecule has 19 heavy (non-hydrogen) atoms. The molecule has 2 rings (SSSR count). The molecule has 0 radical (unpaired) electrons. The molecular weight excluding hydrogens is 238 g/mol. The van der Waals surface area contributed by atoms with E-state index in [0.29, 0.717) is 11.7 Å². The molecule has 1 aliphatic rings. The monoisotopic (exact) mass is 263 g/mol. The number of piperidine rings is 1. The van der Waals surface area contributed by atoms with Crippen molar-refractivity contribution >= 4 is 0 Å². The fourth-order valence-electron chi connectivity index (χ4n) is 2.95. The normalized spacial score (nSPS) is 19.5. The number of methoxy groups -OCH3 is 1. The number of benzene rings is 1. The molecule has 0 aromatic heterocycles. The molecule has 106 valence electrons. The maximum Gasteiger partial charge on any atom is 0.120 e. The first kappa shape index (κ1) is 14.4. The molecule has 0 aliphatic carbocycles. The second kappa shape index (κ2) is 6.40. The van der Waals surface area contributed by atoms with Crippen LogP contribution in [0.25, 0.3) is 0 Å². The zero-order valence-electron chi connectivity index (χ0n) is 12.2. The molecule has 1 aromatic rings. The van der Waals surface area contributed by atoms with Crippen molar-refractivity contribution in [3.8, 4) is 5.75 Å². The van der Waals surface area contributed by atoms with Crippen molar-refractivity contribution in [3.63, 3.8) is 0 Å². The highest BCUT2D eigenvalue weighted by atomic mass is 16.5. The number of hydrogen-bond acceptors (Lipinski definition) is 3. The van der Waals surface area contributed by atoms with Crippen LogP contribution < -0.4 is 0 Å². The Morgan fingerprint density at radius 2 is 2.05 bits per heavy atom. The molecule has 0 bridgehead atoms. The number of likely N-dealkylation sites (tertiary alicyclic amines) is 1. The van der Waals surface area contributed by atoms with Crippen molar-refractivity contribution in [3.05, 3.63) is 29.3 Å². The second-order valence-corrected chi connectivity index (χ2v) is 5.67. The van der Waals surface area contributed by atoms with Gasteiger partial charge in [0.2, 0.25) is 0 Å². The summed E-state index contributed by atoms with van der Waals surface area (Å²) in [7, 11) is 1.78. The lowest BCUT2D eigenvalue weighted by molar-refractivity contribution is 0.0828. The van der Waals surface area contributed by atoms with Crippen LogP contribution in [0.15, 0.2) is 18.2 Å². The number of aromatic hydroxyl groups is 1. The van der Waals surface area contributed by atoms with Gasteiger partial charge in [-0.15, -0.1) is 0 Å². The number of phenols is 1. The largest absolute Gasteiger partial charge is 0.508 e. The summed E-state index contributed by atoms with van der Waals surface area (Å²) in [5, 5.41) is 10.1. The van der Waals surface area contributed by atoms with Gasteiger partial charge in [-0.3, -0.25) is 4.90 Å². The summed E-state index contributed by atoms with van der Waals surface area (Å²) in [6, 6.07) is 6.26. The van der Waals surface area contributed by atoms with Crippen molar-refractivity contribution in [1.29, 1.82) is 0 Å². The van der Waals surface area contributed by atoms with Crippen molar-refractivity contribution in [2.45, 2.75) is 32.7 Å². The molecular formula is C16H25NO2. The van der Waals surface area contributed by atoms with Crippen LogP contribution >= 0.6 is 0 Å². The van der Waals surface area contributed by atoms with E-state index >= 15 is 0 Å². The Morgan fingerprint density at radius 1 is 1.37 bits per heavy atom. The Labute approximate surface area is 116 Å². The average molecular weight is 263 g/mol. The Kier molecular flexibility index (Phi) is 4.83. The van der Waals surface area contributed by atoms with Crippen LogP contribution in [0.4, 0.5) is 0 Å². The Hall–Kier alpha value is -1.06. The summed E-state index contributed by atoms with van der Waals surface area (Å²) < 4.78 is 5.24. The first-order valence-electron chi connectivity index (χ1n) is 7.14. The second-order valence-electron chi connectivity index (χ2n) is 5.67. The standard InChI is InChI=1S/C16H25NO2/c1-12-4-5-15(16(18)10-12)13(2)17-8-6-14(7-9-17)11-19-3/h4-5,10,13-14,18H,6-9,11H2,1-3H3. The van der Waals surface area contributed by atoms with E-state index in [2.05, 4.69) is 24.0 Å². The Balaban J connectivity index is 1.99. The predicted octanol–water partition coefficient (Wildman–Crippen LogP) is 3.12. The Morgan fingerprint density at radius 3 is 2.63 bits per heavy atom. The van der Waals surface area contributed by atoms with Gasteiger partial charge in [0.15, 0.2) is 0 Å². The van der Waals surface area contributed by atoms with Crippen LogP contribution in [0, 0.1) is 12.8 Å². The fraction of sp³-hybridized carbons (Fsp3) is 0.625. The maximum atomic E-state index is 10.1. The van der Waals surface area contributed by atoms with Crippen molar-refractivity contribution < 1.29 is 9.84 Å². The molecule has 3 nitrogen and oxygen atoms in total. The average Bonchev–Trinajstić information content (AvgIpc) is 2.39. The number of aryl methyl sites for hydroxylation is 1. The first-order valence-corrected chi connectivity index (χ1v) is 7.14. The SMILES string of the molecule is COCC1CCN(C(C)c2ccc(C)cc2O)CC1. The van der Waals surface area contributed by atoms with Crippen LogP contribution in [0.2, 0.25) is 0 Å². The maximum absolute atomic E-state index is 10.1. The van der Waals surface area contributed by atoms with Crippen LogP contribution in [0.1, 0.15) is 36.9 Å². The van der Waals surface area contributed by atoms with Crippen LogP contribution in [0.3, 0.4) is 0 Å². The number of rotatable bonds is 4. The zero-order chi connectivity index (χ0) is 13.8. The molecule has 0 spiro atoms. The minimum atomic E-state index is 0.282. The van der Waals surface area contributed by atoms with Gasteiger partial charge in [0.1, 0.15) is 5.75 Å². The van der Waals surface area contributed by atoms with Crippen molar-refractivity contribution in [2.24, 2.45) is 5.92 Å². The summed E-state index contributed by atoms with van der Waals surface area (Å²) in [5.74, 6) is 1.12. The third-order valence-electron chi connectivity index (χ3n) is 4.24. The lowest BCUT2D eigenvalue weighted by atomic mass is 9.95. The van der Waals surface area contributed by atoms with E-state index in [-0.39, 0.29) is 6.04 Å². The summed E-state index contributed by atoms with van der Waals surface area (Å²) in [6.07, 6.45) is 2.37. The fourth-order valence-corrected chi connectivity index (χ4v) is 2.95. The van der Waals surface area contributed by atoms with Gasteiger partial charge in [-0.25, -0.2) is 0 Å². The predicted molar refractivity (Wildman–Crippen MR) is 77.4 cm³/mol. The van der Waals surface area contributed by atoms with Crippen molar-refractivity contribution in [2.75, 3.05) is 26.8 Å². The topological polar surface area (TPSA) is 32.7 Å². The van der Waals surface area contributed by atoms with E-state index in [1.165, 1.54) is 12.8 Å². The third kappa shape index (κ3) is 3.48. The lowest BCUT2D eigenvalue weighted by Crippen LogP contribution is -2.36. The molecule has 1 aliphatic heterocycles. The highest BCUT2D eigenvalue weighted by Crippen LogP contribution is 2.32. The van der Waals surface area contributed by atoms with E-state index in [4.69, 9.17) is 4.74 Å². The molecule has 3 heteroatoms. The van der Waals surface area contributed by atoms with Crippen LogP contribution in [-0.4, -0.2) is 36.8 Å². The lowest BCUT2D eigenvalue weighted by Gasteiger charge is -2.36. The van der Waals surface area contributed by atoms with E-state index in [1.54, 1.807) is 7.11 Å².